The molecule has 5 nitrogen and oxygen atoms in total. The van der Waals surface area contributed by atoms with Crippen LogP contribution in [0.15, 0.2) is 29.6 Å². The minimum Gasteiger partial charge on any atom is -0.301 e. The van der Waals surface area contributed by atoms with E-state index in [1.807, 2.05) is 6.07 Å². The Morgan fingerprint density at radius 3 is 3.04 bits per heavy atom. The van der Waals surface area contributed by atoms with Crippen LogP contribution in [0.5, 0.6) is 0 Å². The molecule has 0 spiro atoms. The molecule has 0 radical (unpaired) electrons. The van der Waals surface area contributed by atoms with Crippen molar-refractivity contribution in [2.24, 2.45) is 5.10 Å². The van der Waals surface area contributed by atoms with E-state index in [1.54, 1.807) is 36.0 Å². The highest BCUT2D eigenvalue weighted by molar-refractivity contribution is 7.19. The van der Waals surface area contributed by atoms with Crippen molar-refractivity contribution in [3.8, 4) is 0 Å². The smallest absolute Gasteiger partial charge is 0.158 e. The van der Waals surface area contributed by atoms with Gasteiger partial charge in [0.15, 0.2) is 5.82 Å². The van der Waals surface area contributed by atoms with Crippen LogP contribution in [-0.2, 0) is 13.0 Å². The maximum atomic E-state index is 6.17. The van der Waals surface area contributed by atoms with Gasteiger partial charge in [0.05, 0.1) is 16.6 Å². The van der Waals surface area contributed by atoms with Crippen LogP contribution in [0.2, 0.25) is 10.0 Å². The molecule has 1 aliphatic heterocycles. The molecule has 0 saturated heterocycles. The molecule has 128 valence electrons. The molecule has 0 unspecified atom stereocenters. The molecule has 0 saturated carbocycles. The molecule has 2 aromatic heterocycles. The van der Waals surface area contributed by atoms with E-state index in [4.69, 9.17) is 23.2 Å². The molecule has 25 heavy (non-hydrogen) atoms. The van der Waals surface area contributed by atoms with Crippen molar-refractivity contribution in [1.29, 1.82) is 0 Å². The molecule has 0 amide bonds. The van der Waals surface area contributed by atoms with E-state index in [0.717, 1.165) is 41.1 Å². The zero-order chi connectivity index (χ0) is 17.4. The Morgan fingerprint density at radius 1 is 1.32 bits per heavy atom. The molecular weight excluding hydrogens is 377 g/mol. The third-order valence-electron chi connectivity index (χ3n) is 4.16. The fourth-order valence-electron chi connectivity index (χ4n) is 2.91. The van der Waals surface area contributed by atoms with Crippen molar-refractivity contribution in [2.75, 3.05) is 19.0 Å². The molecule has 1 aromatic carbocycles. The van der Waals surface area contributed by atoms with E-state index >= 15 is 0 Å². The van der Waals surface area contributed by atoms with Gasteiger partial charge < -0.3 is 4.90 Å². The number of rotatable bonds is 3. The summed E-state index contributed by atoms with van der Waals surface area (Å²) in [5.74, 6) is 0.730. The van der Waals surface area contributed by atoms with Gasteiger partial charge in [-0.1, -0.05) is 29.3 Å². The van der Waals surface area contributed by atoms with Gasteiger partial charge in [0, 0.05) is 28.6 Å². The van der Waals surface area contributed by atoms with E-state index < -0.39 is 0 Å². The van der Waals surface area contributed by atoms with E-state index in [-0.39, 0.29) is 0 Å². The summed E-state index contributed by atoms with van der Waals surface area (Å²) in [5, 5.41) is 6.53. The third-order valence-corrected chi connectivity index (χ3v) is 5.85. The van der Waals surface area contributed by atoms with Crippen LogP contribution in [0.25, 0.3) is 10.2 Å². The van der Waals surface area contributed by atoms with Crippen LogP contribution >= 0.6 is 34.5 Å². The summed E-state index contributed by atoms with van der Waals surface area (Å²) in [6, 6.07) is 5.30. The van der Waals surface area contributed by atoms with Gasteiger partial charge in [-0.15, -0.1) is 11.3 Å². The quantitative estimate of drug-likeness (QED) is 0.529. The predicted molar refractivity (Wildman–Crippen MR) is 105 cm³/mol. The number of anilines is 1. The van der Waals surface area contributed by atoms with Gasteiger partial charge in [-0.2, -0.15) is 5.10 Å². The first kappa shape index (κ1) is 16.7. The Morgan fingerprint density at radius 2 is 2.20 bits per heavy atom. The lowest BCUT2D eigenvalue weighted by atomic mass is 10.1. The molecule has 3 heterocycles. The molecule has 1 aliphatic rings. The lowest BCUT2D eigenvalue weighted by Crippen LogP contribution is -2.25. The zero-order valence-electron chi connectivity index (χ0n) is 13.5. The summed E-state index contributed by atoms with van der Waals surface area (Å²) in [6.45, 7) is 2.00. The van der Waals surface area contributed by atoms with Crippen LogP contribution in [0.3, 0.4) is 0 Å². The van der Waals surface area contributed by atoms with Gasteiger partial charge in [0.1, 0.15) is 11.2 Å². The molecule has 1 N–H and O–H groups in total. The maximum absolute atomic E-state index is 6.17. The number of halogens is 2. The highest BCUT2D eigenvalue weighted by Gasteiger charge is 2.21. The van der Waals surface area contributed by atoms with Crippen LogP contribution < -0.4 is 5.43 Å². The Hall–Kier alpha value is -1.73. The van der Waals surface area contributed by atoms with E-state index in [0.29, 0.717) is 10.0 Å². The van der Waals surface area contributed by atoms with Crippen LogP contribution in [0.4, 0.5) is 5.82 Å². The average Bonchev–Trinajstić information content (AvgIpc) is 2.95. The van der Waals surface area contributed by atoms with Gasteiger partial charge in [0.2, 0.25) is 0 Å². The Labute approximate surface area is 159 Å². The number of likely N-dealkylation sites (N-methyl/N-ethyl adjacent to an activating group) is 1. The lowest BCUT2D eigenvalue weighted by molar-refractivity contribution is 0.318. The van der Waals surface area contributed by atoms with Crippen LogP contribution in [0.1, 0.15) is 16.0 Å². The Balaban J connectivity index is 1.64. The first-order valence-electron chi connectivity index (χ1n) is 7.80. The monoisotopic (exact) mass is 391 g/mol. The number of nitrogens with zero attached hydrogens (tertiary/aromatic N) is 4. The summed E-state index contributed by atoms with van der Waals surface area (Å²) in [4.78, 5) is 13.5. The molecule has 0 bridgehead atoms. The summed E-state index contributed by atoms with van der Waals surface area (Å²) >= 11 is 13.8. The van der Waals surface area contributed by atoms with Crippen molar-refractivity contribution >= 4 is 56.8 Å². The molecule has 3 aromatic rings. The minimum atomic E-state index is 0.557. The highest BCUT2D eigenvalue weighted by atomic mass is 35.5. The fraction of sp³-hybridized carbons (Fsp3) is 0.235. The maximum Gasteiger partial charge on any atom is 0.158 e. The van der Waals surface area contributed by atoms with Gasteiger partial charge in [-0.3, -0.25) is 5.43 Å². The normalized spacial score (nSPS) is 15.0. The van der Waals surface area contributed by atoms with Gasteiger partial charge >= 0.3 is 0 Å². The number of hydrazone groups is 1. The second kappa shape index (κ2) is 6.88. The number of thiophene rings is 1. The Kier molecular flexibility index (Phi) is 4.60. The average molecular weight is 392 g/mol. The highest BCUT2D eigenvalue weighted by Crippen LogP contribution is 2.36. The number of hydrogen-bond acceptors (Lipinski definition) is 6. The van der Waals surface area contributed by atoms with Crippen molar-refractivity contribution in [1.82, 2.24) is 14.9 Å². The third kappa shape index (κ3) is 3.35. The SMILES string of the molecule is CN1CCc2c(sc3ncnc(N/N=C/c4ccc(Cl)cc4Cl)c23)C1. The Bertz CT molecular complexity index is 969. The predicted octanol–water partition coefficient (Wildman–Crippen LogP) is 4.43. The summed E-state index contributed by atoms with van der Waals surface area (Å²) < 4.78 is 0. The molecule has 0 atom stereocenters. The summed E-state index contributed by atoms with van der Waals surface area (Å²) in [5.41, 5.74) is 5.17. The van der Waals surface area contributed by atoms with Crippen molar-refractivity contribution in [3.05, 3.63) is 50.6 Å². The van der Waals surface area contributed by atoms with Crippen molar-refractivity contribution < 1.29 is 0 Å². The largest absolute Gasteiger partial charge is 0.301 e. The molecule has 8 heteroatoms. The second-order valence-corrected chi connectivity index (χ2v) is 7.86. The van der Waals surface area contributed by atoms with E-state index in [2.05, 4.69) is 32.4 Å². The van der Waals surface area contributed by atoms with Crippen LogP contribution in [0, 0.1) is 0 Å². The molecule has 0 aliphatic carbocycles. The minimum absolute atomic E-state index is 0.557. The number of benzene rings is 1. The van der Waals surface area contributed by atoms with Gasteiger partial charge in [-0.05, 0) is 31.2 Å². The van der Waals surface area contributed by atoms with Gasteiger partial charge in [0.25, 0.3) is 0 Å². The van der Waals surface area contributed by atoms with Crippen molar-refractivity contribution in [2.45, 2.75) is 13.0 Å². The fourth-order valence-corrected chi connectivity index (χ4v) is 4.63. The number of aromatic nitrogens is 2. The molecule has 0 fully saturated rings. The standard InChI is InChI=1S/C17H15Cl2N5S/c1-24-5-4-12-14(8-24)25-17-15(12)16(20-9-21-17)23-22-7-10-2-3-11(18)6-13(10)19/h2-3,6-7,9H,4-5,8H2,1H3,(H,20,21,23)/b22-7+. The first-order chi connectivity index (χ1) is 12.1. The first-order valence-corrected chi connectivity index (χ1v) is 9.37. The second-order valence-electron chi connectivity index (χ2n) is 5.93. The summed E-state index contributed by atoms with van der Waals surface area (Å²) in [6.07, 6.45) is 4.24. The van der Waals surface area contributed by atoms with Gasteiger partial charge in [-0.25, -0.2) is 9.97 Å². The lowest BCUT2D eigenvalue weighted by Gasteiger charge is -2.22. The van der Waals surface area contributed by atoms with Crippen LogP contribution in [-0.4, -0.2) is 34.7 Å². The number of fused-ring (bicyclic) bond motifs is 3. The van der Waals surface area contributed by atoms with Crippen molar-refractivity contribution in [3.63, 3.8) is 0 Å². The summed E-state index contributed by atoms with van der Waals surface area (Å²) in [7, 11) is 2.14. The topological polar surface area (TPSA) is 53.4 Å². The molecular formula is C17H15Cl2N5S. The molecule has 4 rings (SSSR count). The van der Waals surface area contributed by atoms with E-state index in [9.17, 15) is 0 Å². The number of hydrogen-bond donors (Lipinski definition) is 1. The number of nitrogens with one attached hydrogen (secondary N) is 1. The zero-order valence-corrected chi connectivity index (χ0v) is 15.8. The van der Waals surface area contributed by atoms with E-state index in [1.165, 1.54) is 10.4 Å².